The Balaban J connectivity index is 2.90. The molecule has 0 saturated carbocycles. The smallest absolute Gasteiger partial charge is 0.287 e. The number of hydrogen-bond acceptors (Lipinski definition) is 7. The fraction of sp³-hybridized carbons (Fsp3) is 0.308. The Morgan fingerprint density at radius 2 is 1.83 bits per heavy atom. The van der Waals surface area contributed by atoms with Gasteiger partial charge in [0.2, 0.25) is 11.9 Å². The van der Waals surface area contributed by atoms with Crippen molar-refractivity contribution in [1.29, 1.82) is 0 Å². The van der Waals surface area contributed by atoms with Crippen LogP contribution in [0.25, 0.3) is 0 Å². The number of thiocarbonyl (C=S) groups is 1. The zero-order valence-corrected chi connectivity index (χ0v) is 14.0. The predicted octanol–water partition coefficient (Wildman–Crippen LogP) is 0.0349. The van der Waals surface area contributed by atoms with Crippen LogP contribution >= 0.6 is 12.2 Å². The summed E-state index contributed by atoms with van der Waals surface area (Å²) >= 11 is 4.86. The quantitative estimate of drug-likeness (QED) is 0.345. The van der Waals surface area contributed by atoms with Gasteiger partial charge in [-0.3, -0.25) is 20.4 Å². The van der Waals surface area contributed by atoms with Gasteiger partial charge in [-0.1, -0.05) is 0 Å². The summed E-state index contributed by atoms with van der Waals surface area (Å²) in [5.74, 6) is -0.730. The lowest BCUT2D eigenvalue weighted by Gasteiger charge is -2.12. The van der Waals surface area contributed by atoms with E-state index in [2.05, 4.69) is 31.5 Å². The molecule has 9 nitrogen and oxygen atoms in total. The van der Waals surface area contributed by atoms with Crippen LogP contribution < -0.4 is 21.5 Å². The first-order valence-electron chi connectivity index (χ1n) is 6.52. The van der Waals surface area contributed by atoms with Crippen LogP contribution in [-0.2, 0) is 14.3 Å². The second kappa shape index (κ2) is 8.63. The van der Waals surface area contributed by atoms with Crippen molar-refractivity contribution >= 4 is 35.2 Å². The summed E-state index contributed by atoms with van der Waals surface area (Å²) in [6, 6.07) is 1.82. The number of aromatic nitrogens is 2. The molecule has 0 unspecified atom stereocenters. The molecule has 2 amide bonds. The molecule has 1 aromatic rings. The summed E-state index contributed by atoms with van der Waals surface area (Å²) in [6.07, 6.45) is 1.32. The number of anilines is 1. The highest BCUT2D eigenvalue weighted by Gasteiger charge is 2.12. The van der Waals surface area contributed by atoms with Gasteiger partial charge in [0.15, 0.2) is 0 Å². The number of nitrogens with one attached hydrogen (secondary N) is 4. The average Bonchev–Trinajstić information content (AvgIpc) is 2.47. The van der Waals surface area contributed by atoms with Crippen molar-refractivity contribution < 1.29 is 14.3 Å². The Bertz CT molecular complexity index is 626. The van der Waals surface area contributed by atoms with Gasteiger partial charge in [0, 0.05) is 24.5 Å². The molecule has 10 heteroatoms. The molecule has 23 heavy (non-hydrogen) atoms. The maximum atomic E-state index is 12.0. The molecule has 0 saturated heterocycles. The number of nitrogens with zero attached hydrogens (tertiary/aromatic N) is 2. The van der Waals surface area contributed by atoms with E-state index in [9.17, 15) is 9.59 Å². The summed E-state index contributed by atoms with van der Waals surface area (Å²) in [6.45, 7) is 4.91. The standard InChI is InChI=1S/C13H18N6O3S/c1-7-5-8(2)16-12(15-7)14-6-10(17-13(23)22-4)11(21)19-18-9(3)20/h5-6H,1-4H3,(H,17,23)(H,18,20)(H,19,21)(H,14,15,16)/b10-6+. The molecule has 0 aliphatic carbocycles. The van der Waals surface area contributed by atoms with Crippen LogP contribution in [0.15, 0.2) is 18.0 Å². The molecule has 124 valence electrons. The maximum absolute atomic E-state index is 12.0. The minimum absolute atomic E-state index is 0.00774. The van der Waals surface area contributed by atoms with Crippen molar-refractivity contribution in [2.24, 2.45) is 0 Å². The molecule has 0 atom stereocenters. The third-order valence-corrected chi connectivity index (χ3v) is 2.62. The third-order valence-electron chi connectivity index (χ3n) is 2.35. The first-order chi connectivity index (χ1) is 10.8. The molecule has 4 N–H and O–H groups in total. The summed E-state index contributed by atoms with van der Waals surface area (Å²) in [4.78, 5) is 31.2. The van der Waals surface area contributed by atoms with E-state index in [1.165, 1.54) is 20.2 Å². The van der Waals surface area contributed by atoms with E-state index in [-0.39, 0.29) is 10.9 Å². The van der Waals surface area contributed by atoms with Crippen LogP contribution in [0.2, 0.25) is 0 Å². The SMILES string of the molecule is COC(=S)N/C(=C/Nc1nc(C)cc(C)n1)C(=O)NNC(C)=O. The fourth-order valence-corrected chi connectivity index (χ4v) is 1.57. The van der Waals surface area contributed by atoms with Crippen molar-refractivity contribution in [2.45, 2.75) is 20.8 Å². The molecule has 0 aliphatic rings. The number of rotatable bonds is 4. The lowest BCUT2D eigenvalue weighted by molar-refractivity contribution is -0.125. The first-order valence-corrected chi connectivity index (χ1v) is 6.93. The topological polar surface area (TPSA) is 117 Å². The minimum atomic E-state index is -0.628. The fourth-order valence-electron chi connectivity index (χ4n) is 1.46. The van der Waals surface area contributed by atoms with Crippen molar-refractivity contribution in [3.8, 4) is 0 Å². The van der Waals surface area contributed by atoms with Crippen molar-refractivity contribution in [1.82, 2.24) is 26.1 Å². The maximum Gasteiger partial charge on any atom is 0.287 e. The normalized spacial score (nSPS) is 10.5. The van der Waals surface area contributed by atoms with E-state index in [1.54, 1.807) is 0 Å². The van der Waals surface area contributed by atoms with E-state index in [0.717, 1.165) is 11.4 Å². The average molecular weight is 338 g/mol. The summed E-state index contributed by atoms with van der Waals surface area (Å²) in [7, 11) is 1.36. The van der Waals surface area contributed by atoms with Crippen molar-refractivity contribution in [3.63, 3.8) is 0 Å². The predicted molar refractivity (Wildman–Crippen MR) is 87.9 cm³/mol. The molecule has 0 aromatic carbocycles. The van der Waals surface area contributed by atoms with Crippen LogP contribution in [0.5, 0.6) is 0 Å². The zero-order chi connectivity index (χ0) is 17.4. The van der Waals surface area contributed by atoms with E-state index in [4.69, 9.17) is 17.0 Å². The molecule has 0 aliphatic heterocycles. The molecule has 0 bridgehead atoms. The molecule has 0 fully saturated rings. The summed E-state index contributed by atoms with van der Waals surface area (Å²) in [5, 5.41) is 5.35. The highest BCUT2D eigenvalue weighted by Crippen LogP contribution is 2.04. The van der Waals surface area contributed by atoms with Crippen LogP contribution in [0, 0.1) is 13.8 Å². The Morgan fingerprint density at radius 1 is 1.22 bits per heavy atom. The van der Waals surface area contributed by atoms with Crippen LogP contribution in [0.1, 0.15) is 18.3 Å². The first kappa shape index (κ1) is 18.3. The monoisotopic (exact) mass is 338 g/mol. The van der Waals surface area contributed by atoms with E-state index in [0.29, 0.717) is 5.95 Å². The van der Waals surface area contributed by atoms with E-state index < -0.39 is 11.8 Å². The zero-order valence-electron chi connectivity index (χ0n) is 13.2. The van der Waals surface area contributed by atoms with Gasteiger partial charge >= 0.3 is 0 Å². The van der Waals surface area contributed by atoms with E-state index >= 15 is 0 Å². The number of ether oxygens (including phenoxy) is 1. The molecule has 1 heterocycles. The second-order valence-electron chi connectivity index (χ2n) is 4.43. The Labute approximate surface area is 138 Å². The number of amides is 2. The van der Waals surface area contributed by atoms with Crippen molar-refractivity contribution in [2.75, 3.05) is 12.4 Å². The molecule has 0 radical (unpaired) electrons. The number of carbonyl (C=O) groups excluding carboxylic acids is 2. The van der Waals surface area contributed by atoms with Crippen LogP contribution in [0.3, 0.4) is 0 Å². The Kier molecular flexibility index (Phi) is 6.87. The minimum Gasteiger partial charge on any atom is -0.474 e. The molecular formula is C13H18N6O3S. The van der Waals surface area contributed by atoms with Crippen LogP contribution in [0.4, 0.5) is 5.95 Å². The Morgan fingerprint density at radius 3 is 2.35 bits per heavy atom. The lowest BCUT2D eigenvalue weighted by Crippen LogP contribution is -2.44. The van der Waals surface area contributed by atoms with Gasteiger partial charge in [0.25, 0.3) is 11.1 Å². The highest BCUT2D eigenvalue weighted by atomic mass is 32.1. The van der Waals surface area contributed by atoms with Gasteiger partial charge in [0.05, 0.1) is 7.11 Å². The largest absolute Gasteiger partial charge is 0.474 e. The van der Waals surface area contributed by atoms with Gasteiger partial charge < -0.3 is 15.4 Å². The molecule has 1 aromatic heterocycles. The number of aryl methyl sites for hydroxylation is 2. The van der Waals surface area contributed by atoms with Crippen molar-refractivity contribution in [3.05, 3.63) is 29.4 Å². The number of carbonyl (C=O) groups is 2. The third kappa shape index (κ3) is 6.70. The van der Waals surface area contributed by atoms with Gasteiger partial charge in [-0.15, -0.1) is 0 Å². The highest BCUT2D eigenvalue weighted by molar-refractivity contribution is 7.80. The van der Waals surface area contributed by atoms with Gasteiger partial charge in [-0.2, -0.15) is 0 Å². The van der Waals surface area contributed by atoms with Gasteiger partial charge in [-0.25, -0.2) is 9.97 Å². The molecular weight excluding hydrogens is 320 g/mol. The molecule has 0 spiro atoms. The second-order valence-corrected chi connectivity index (χ2v) is 4.80. The van der Waals surface area contributed by atoms with Gasteiger partial charge in [0.1, 0.15) is 5.70 Å². The van der Waals surface area contributed by atoms with Gasteiger partial charge in [-0.05, 0) is 32.1 Å². The summed E-state index contributed by atoms with van der Waals surface area (Å²) < 4.78 is 4.80. The lowest BCUT2D eigenvalue weighted by atomic mass is 10.3. The number of hydrazine groups is 1. The molecule has 1 rings (SSSR count). The summed E-state index contributed by atoms with van der Waals surface area (Å²) in [5.41, 5.74) is 5.94. The van der Waals surface area contributed by atoms with Crippen LogP contribution in [-0.4, -0.2) is 34.1 Å². The van der Waals surface area contributed by atoms with E-state index in [1.807, 2.05) is 19.9 Å². The Hall–Kier alpha value is -2.75. The number of methoxy groups -OCH3 is 1. The number of hydrogen-bond donors (Lipinski definition) is 4.